The number of alkyl carbamates (subject to hydrolysis) is 1. The lowest BCUT2D eigenvalue weighted by Crippen LogP contribution is -2.36. The van der Waals surface area contributed by atoms with Crippen LogP contribution in [0.25, 0.3) is 11.1 Å². The molecule has 0 bridgehead atoms. The van der Waals surface area contributed by atoms with E-state index in [2.05, 4.69) is 27.8 Å². The van der Waals surface area contributed by atoms with Crippen LogP contribution in [0.15, 0.2) is 121 Å². The Hall–Kier alpha value is -7.42. The van der Waals surface area contributed by atoms with Gasteiger partial charge in [-0.2, -0.15) is 0 Å². The van der Waals surface area contributed by atoms with Gasteiger partial charge >= 0.3 is 6.09 Å². The molecule has 1 atom stereocenters. The first-order chi connectivity index (χ1) is 33.8. The normalized spacial score (nSPS) is 12.7. The minimum Gasteiger partial charge on any atom is -0.449 e. The SMILES string of the molecule is O=C(CCOCCOCCOCCOCCNC(=O)CC(NC(=O)OCC1c2ccccc2-c2ccccc21)c1ccccc1[N+](=O)[O-])NCCC(=O)N1Cc2ccccc2C#Cc2ccccc21. The highest BCUT2D eigenvalue weighted by Gasteiger charge is 2.31. The van der Waals surface area contributed by atoms with Crippen molar-refractivity contribution in [2.45, 2.75) is 37.8 Å². The number of nitrogens with zero attached hydrogens (tertiary/aromatic N) is 2. The molecule has 0 radical (unpaired) electrons. The number of nitrogens with one attached hydrogen (secondary N) is 3. The summed E-state index contributed by atoms with van der Waals surface area (Å²) < 4.78 is 27.9. The standard InChI is InChI=1S/C53H55N5O11/c59-50(54-25-23-52(61)57-36-40-13-2-1-11-38(40)21-22-39-12-3-9-19-48(39)57)24-27-65-29-31-67-33-34-68-32-30-66-28-26-55-51(60)35-47(45-18-8-10-20-49(45)58(63)64)56-53(62)69-37-46-43-16-6-4-14-41(43)42-15-5-7-17-44(42)46/h1-20,46-47H,23-37H2,(H,54,59)(H,55,60)(H,56,62). The molecule has 1 unspecified atom stereocenters. The van der Waals surface area contributed by atoms with Crippen LogP contribution in [0, 0.1) is 22.0 Å². The third-order valence-electron chi connectivity index (χ3n) is 11.5. The van der Waals surface area contributed by atoms with Crippen LogP contribution in [0.4, 0.5) is 16.2 Å². The highest BCUT2D eigenvalue weighted by molar-refractivity contribution is 5.95. The Balaban J connectivity index is 0.711. The number of amides is 4. The fourth-order valence-electron chi connectivity index (χ4n) is 8.16. The zero-order chi connectivity index (χ0) is 48.2. The number of nitro benzene ring substituents is 1. The number of nitro groups is 1. The molecule has 69 heavy (non-hydrogen) atoms. The number of carbonyl (C=O) groups excluding carboxylic acids is 4. The van der Waals surface area contributed by atoms with E-state index in [0.717, 1.165) is 44.6 Å². The maximum Gasteiger partial charge on any atom is 0.407 e. The molecule has 0 spiro atoms. The number of anilines is 1. The van der Waals surface area contributed by atoms with Crippen molar-refractivity contribution in [1.82, 2.24) is 16.0 Å². The molecule has 16 heteroatoms. The predicted molar refractivity (Wildman–Crippen MR) is 257 cm³/mol. The Kier molecular flexibility index (Phi) is 18.4. The fourth-order valence-corrected chi connectivity index (χ4v) is 8.16. The molecular formula is C53H55N5O11. The van der Waals surface area contributed by atoms with E-state index in [-0.39, 0.29) is 87.8 Å². The van der Waals surface area contributed by atoms with E-state index < -0.39 is 23.0 Å². The summed E-state index contributed by atoms with van der Waals surface area (Å²) in [6.07, 6.45) is -0.787. The first-order valence-electron chi connectivity index (χ1n) is 23.0. The zero-order valence-electron chi connectivity index (χ0n) is 38.2. The lowest BCUT2D eigenvalue weighted by atomic mass is 9.98. The van der Waals surface area contributed by atoms with E-state index in [9.17, 15) is 29.3 Å². The number of fused-ring (bicyclic) bond motifs is 5. The molecule has 0 fully saturated rings. The van der Waals surface area contributed by atoms with E-state index in [1.165, 1.54) is 18.2 Å². The van der Waals surface area contributed by atoms with Crippen LogP contribution in [-0.4, -0.2) is 101 Å². The van der Waals surface area contributed by atoms with Crippen molar-refractivity contribution in [3.63, 3.8) is 0 Å². The second-order valence-electron chi connectivity index (χ2n) is 16.1. The van der Waals surface area contributed by atoms with Crippen LogP contribution in [0.3, 0.4) is 0 Å². The number of rotatable bonds is 25. The minimum absolute atomic E-state index is 0.0419. The average molecular weight is 938 g/mol. The van der Waals surface area contributed by atoms with Gasteiger partial charge in [0, 0.05) is 49.0 Å². The summed E-state index contributed by atoms with van der Waals surface area (Å²) in [5.41, 5.74) is 7.55. The molecule has 0 saturated carbocycles. The molecule has 1 aliphatic carbocycles. The van der Waals surface area contributed by atoms with Crippen molar-refractivity contribution in [1.29, 1.82) is 0 Å². The van der Waals surface area contributed by atoms with Gasteiger partial charge in [0.15, 0.2) is 0 Å². The van der Waals surface area contributed by atoms with Gasteiger partial charge in [-0.25, -0.2) is 4.79 Å². The second kappa shape index (κ2) is 25.6. The zero-order valence-corrected chi connectivity index (χ0v) is 38.2. The average Bonchev–Trinajstić information content (AvgIpc) is 3.68. The molecule has 1 aliphatic heterocycles. The topological polar surface area (TPSA) is 197 Å². The predicted octanol–water partition coefficient (Wildman–Crippen LogP) is 6.59. The van der Waals surface area contributed by atoms with E-state index in [4.69, 9.17) is 23.7 Å². The van der Waals surface area contributed by atoms with Crippen molar-refractivity contribution < 1.29 is 47.8 Å². The van der Waals surface area contributed by atoms with Crippen LogP contribution in [0.5, 0.6) is 0 Å². The van der Waals surface area contributed by atoms with Gasteiger partial charge in [0.05, 0.1) is 88.0 Å². The molecule has 1 heterocycles. The Morgan fingerprint density at radius 1 is 0.638 bits per heavy atom. The Morgan fingerprint density at radius 2 is 1.20 bits per heavy atom. The number of hydrogen-bond acceptors (Lipinski definition) is 11. The van der Waals surface area contributed by atoms with Gasteiger partial charge < -0.3 is 44.5 Å². The molecule has 16 nitrogen and oxygen atoms in total. The van der Waals surface area contributed by atoms with Gasteiger partial charge in [-0.1, -0.05) is 109 Å². The summed E-state index contributed by atoms with van der Waals surface area (Å²) in [5.74, 6) is 5.45. The van der Waals surface area contributed by atoms with Crippen LogP contribution >= 0.6 is 0 Å². The molecule has 5 aromatic rings. The Labute approximate surface area is 400 Å². The van der Waals surface area contributed by atoms with Crippen LogP contribution < -0.4 is 20.9 Å². The minimum atomic E-state index is -1.04. The van der Waals surface area contributed by atoms with Gasteiger partial charge in [0.25, 0.3) is 5.69 Å². The number of para-hydroxylation sites is 2. The molecule has 0 saturated heterocycles. The summed E-state index contributed by atoms with van der Waals surface area (Å²) in [7, 11) is 0. The highest BCUT2D eigenvalue weighted by atomic mass is 16.6. The number of carbonyl (C=O) groups is 4. The van der Waals surface area contributed by atoms with Gasteiger partial charge in [0.1, 0.15) is 6.61 Å². The van der Waals surface area contributed by atoms with Crippen molar-refractivity contribution >= 4 is 35.2 Å². The first-order valence-corrected chi connectivity index (χ1v) is 23.0. The second-order valence-corrected chi connectivity index (χ2v) is 16.1. The summed E-state index contributed by atoms with van der Waals surface area (Å²) in [5, 5.41) is 20.1. The van der Waals surface area contributed by atoms with E-state index in [0.29, 0.717) is 39.6 Å². The van der Waals surface area contributed by atoms with Crippen LogP contribution in [-0.2, 0) is 44.6 Å². The van der Waals surface area contributed by atoms with Gasteiger partial charge in [-0.15, -0.1) is 0 Å². The van der Waals surface area contributed by atoms with Gasteiger partial charge in [-0.3, -0.25) is 24.5 Å². The van der Waals surface area contributed by atoms with Crippen LogP contribution in [0.1, 0.15) is 64.6 Å². The fraction of sp³-hybridized carbons (Fsp3) is 0.321. The van der Waals surface area contributed by atoms with E-state index in [1.807, 2.05) is 97.1 Å². The molecule has 4 amide bonds. The molecule has 2 aliphatic rings. The maximum absolute atomic E-state index is 13.4. The third kappa shape index (κ3) is 14.1. The van der Waals surface area contributed by atoms with E-state index >= 15 is 0 Å². The third-order valence-corrected chi connectivity index (χ3v) is 11.5. The number of ether oxygens (including phenoxy) is 5. The summed E-state index contributed by atoms with van der Waals surface area (Å²) in [4.78, 5) is 65.1. The smallest absolute Gasteiger partial charge is 0.407 e. The summed E-state index contributed by atoms with van der Waals surface area (Å²) >= 11 is 0. The molecule has 358 valence electrons. The summed E-state index contributed by atoms with van der Waals surface area (Å²) in [6.45, 7) is 3.04. The quantitative estimate of drug-likeness (QED) is 0.0247. The monoisotopic (exact) mass is 937 g/mol. The largest absolute Gasteiger partial charge is 0.449 e. The highest BCUT2D eigenvalue weighted by Crippen LogP contribution is 2.44. The van der Waals surface area contributed by atoms with Crippen molar-refractivity contribution in [3.05, 3.63) is 165 Å². The lowest BCUT2D eigenvalue weighted by molar-refractivity contribution is -0.385. The molecule has 7 rings (SSSR count). The number of hydrogen-bond donors (Lipinski definition) is 3. The van der Waals surface area contributed by atoms with Gasteiger partial charge in [0.2, 0.25) is 17.7 Å². The Morgan fingerprint density at radius 3 is 1.91 bits per heavy atom. The van der Waals surface area contributed by atoms with Crippen molar-refractivity contribution in [2.75, 3.05) is 77.5 Å². The first kappa shape index (κ1) is 49.5. The molecule has 0 aromatic heterocycles. The lowest BCUT2D eigenvalue weighted by Gasteiger charge is -2.26. The Bertz CT molecular complexity index is 2600. The maximum atomic E-state index is 13.4. The van der Waals surface area contributed by atoms with Crippen molar-refractivity contribution in [2.24, 2.45) is 0 Å². The van der Waals surface area contributed by atoms with Crippen molar-refractivity contribution in [3.8, 4) is 23.0 Å². The van der Waals surface area contributed by atoms with Crippen LogP contribution in [0.2, 0.25) is 0 Å². The summed E-state index contributed by atoms with van der Waals surface area (Å²) in [6, 6.07) is 36.1. The van der Waals surface area contributed by atoms with Gasteiger partial charge in [-0.05, 0) is 46.0 Å². The number of benzene rings is 5. The molecular weight excluding hydrogens is 883 g/mol. The molecule has 5 aromatic carbocycles. The molecule has 3 N–H and O–H groups in total. The van der Waals surface area contributed by atoms with E-state index in [1.54, 1.807) is 11.0 Å².